The fourth-order valence-electron chi connectivity index (χ4n) is 2.11. The quantitative estimate of drug-likeness (QED) is 0.757. The highest BCUT2D eigenvalue weighted by Gasteiger charge is 2.35. The number of H-pyrrole nitrogens is 1. The average molecular weight is 301 g/mol. The molecule has 0 fully saturated rings. The van der Waals surface area contributed by atoms with E-state index >= 15 is 0 Å². The van der Waals surface area contributed by atoms with Crippen molar-refractivity contribution in [3.05, 3.63) is 53.3 Å². The van der Waals surface area contributed by atoms with Crippen molar-refractivity contribution in [2.75, 3.05) is 6.54 Å². The highest BCUT2D eigenvalue weighted by atomic mass is 16.4. The van der Waals surface area contributed by atoms with E-state index in [0.29, 0.717) is 5.56 Å². The minimum atomic E-state index is -1.19. The first-order valence-corrected chi connectivity index (χ1v) is 7.08. The molecule has 0 saturated carbocycles. The summed E-state index contributed by atoms with van der Waals surface area (Å²) in [6, 6.07) is 10.5. The molecule has 1 aromatic heterocycles. The van der Waals surface area contributed by atoms with Crippen molar-refractivity contribution in [3.63, 3.8) is 0 Å². The van der Waals surface area contributed by atoms with Crippen LogP contribution in [0.15, 0.2) is 36.4 Å². The number of aromatic amines is 1. The van der Waals surface area contributed by atoms with Crippen molar-refractivity contribution in [1.29, 1.82) is 0 Å². The van der Waals surface area contributed by atoms with Gasteiger partial charge in [0.1, 0.15) is 11.1 Å². The molecule has 22 heavy (non-hydrogen) atoms. The summed E-state index contributed by atoms with van der Waals surface area (Å²) in [6.45, 7) is 3.53. The number of hydrogen-bond donors (Lipinski definition) is 3. The van der Waals surface area contributed by atoms with Crippen LogP contribution in [0.5, 0.6) is 0 Å². The smallest absolute Gasteiger partial charge is 0.315 e. The van der Waals surface area contributed by atoms with Gasteiger partial charge in [-0.15, -0.1) is 0 Å². The Morgan fingerprint density at radius 1 is 1.32 bits per heavy atom. The number of aromatic nitrogens is 2. The van der Waals surface area contributed by atoms with E-state index in [4.69, 9.17) is 0 Å². The molecule has 6 heteroatoms. The molecule has 1 aromatic carbocycles. The van der Waals surface area contributed by atoms with Crippen molar-refractivity contribution < 1.29 is 14.7 Å². The van der Waals surface area contributed by atoms with Gasteiger partial charge in [0.15, 0.2) is 0 Å². The third kappa shape index (κ3) is 3.16. The summed E-state index contributed by atoms with van der Waals surface area (Å²) in [5, 5.41) is 18.9. The zero-order chi connectivity index (χ0) is 16.2. The second-order valence-electron chi connectivity index (χ2n) is 5.32. The van der Waals surface area contributed by atoms with Crippen LogP contribution in [0.2, 0.25) is 0 Å². The summed E-state index contributed by atoms with van der Waals surface area (Å²) >= 11 is 0. The molecule has 0 radical (unpaired) electrons. The van der Waals surface area contributed by atoms with Gasteiger partial charge in [0, 0.05) is 12.2 Å². The molecule has 1 atom stereocenters. The lowest BCUT2D eigenvalue weighted by Gasteiger charge is -2.25. The zero-order valence-corrected chi connectivity index (χ0v) is 12.6. The third-order valence-corrected chi connectivity index (χ3v) is 3.73. The van der Waals surface area contributed by atoms with Crippen molar-refractivity contribution in [2.45, 2.75) is 25.7 Å². The third-order valence-electron chi connectivity index (χ3n) is 3.73. The number of hydrogen-bond acceptors (Lipinski definition) is 3. The van der Waals surface area contributed by atoms with Crippen molar-refractivity contribution in [1.82, 2.24) is 15.5 Å². The summed E-state index contributed by atoms with van der Waals surface area (Å²) in [5.41, 5.74) is 0.562. The summed E-state index contributed by atoms with van der Waals surface area (Å²) in [5.74, 6) is -1.38. The van der Waals surface area contributed by atoms with Crippen LogP contribution in [0.3, 0.4) is 0 Å². The van der Waals surface area contributed by atoms with Crippen LogP contribution in [0, 0.1) is 0 Å². The molecule has 2 aromatic rings. The minimum absolute atomic E-state index is 0.0144. The van der Waals surface area contributed by atoms with Gasteiger partial charge in [-0.3, -0.25) is 14.7 Å². The molecule has 2 rings (SSSR count). The van der Waals surface area contributed by atoms with Crippen molar-refractivity contribution in [3.8, 4) is 0 Å². The SMILES string of the molecule is CCc1cc(C(=O)NCC(C)(C(=O)O)c2ccccc2)n[nH]1. The number of rotatable bonds is 6. The first-order chi connectivity index (χ1) is 10.5. The van der Waals surface area contributed by atoms with E-state index in [1.807, 2.05) is 13.0 Å². The molecule has 1 heterocycles. The highest BCUT2D eigenvalue weighted by Crippen LogP contribution is 2.23. The topological polar surface area (TPSA) is 95.1 Å². The summed E-state index contributed by atoms with van der Waals surface area (Å²) in [4.78, 5) is 23.7. The molecule has 0 saturated heterocycles. The Hall–Kier alpha value is -2.63. The number of carboxylic acid groups (broad SMARTS) is 1. The lowest BCUT2D eigenvalue weighted by atomic mass is 9.82. The van der Waals surface area contributed by atoms with E-state index < -0.39 is 11.4 Å². The number of carboxylic acids is 1. The molecule has 1 unspecified atom stereocenters. The molecule has 1 amide bonds. The van der Waals surface area contributed by atoms with Gasteiger partial charge in [-0.25, -0.2) is 0 Å². The molecule has 0 aliphatic rings. The normalized spacial score (nSPS) is 13.4. The molecular formula is C16H19N3O3. The van der Waals surface area contributed by atoms with Crippen LogP contribution < -0.4 is 5.32 Å². The maximum absolute atomic E-state index is 12.1. The molecule has 0 bridgehead atoms. The van der Waals surface area contributed by atoms with Gasteiger partial charge in [-0.2, -0.15) is 5.10 Å². The molecule has 0 spiro atoms. The Morgan fingerprint density at radius 3 is 2.55 bits per heavy atom. The van der Waals surface area contributed by atoms with Crippen LogP contribution in [0.25, 0.3) is 0 Å². The lowest BCUT2D eigenvalue weighted by Crippen LogP contribution is -2.44. The maximum Gasteiger partial charge on any atom is 0.315 e. The van der Waals surface area contributed by atoms with Crippen LogP contribution >= 0.6 is 0 Å². The number of carbonyl (C=O) groups is 2. The van der Waals surface area contributed by atoms with E-state index in [1.165, 1.54) is 0 Å². The van der Waals surface area contributed by atoms with E-state index in [-0.39, 0.29) is 18.1 Å². The number of aliphatic carboxylic acids is 1. The van der Waals surface area contributed by atoms with Crippen LogP contribution in [-0.2, 0) is 16.6 Å². The first-order valence-electron chi connectivity index (χ1n) is 7.08. The molecule has 3 N–H and O–H groups in total. The Bertz CT molecular complexity index is 666. The summed E-state index contributed by atoms with van der Waals surface area (Å²) < 4.78 is 0. The Kier molecular flexibility index (Phi) is 4.60. The largest absolute Gasteiger partial charge is 0.481 e. The van der Waals surface area contributed by atoms with Gasteiger partial charge < -0.3 is 10.4 Å². The number of carbonyl (C=O) groups excluding carboxylic acids is 1. The van der Waals surface area contributed by atoms with E-state index in [9.17, 15) is 14.7 Å². The lowest BCUT2D eigenvalue weighted by molar-refractivity contribution is -0.142. The summed E-state index contributed by atoms with van der Waals surface area (Å²) in [6.07, 6.45) is 0.747. The second-order valence-corrected chi connectivity index (χ2v) is 5.32. The minimum Gasteiger partial charge on any atom is -0.481 e. The van der Waals surface area contributed by atoms with Gasteiger partial charge in [-0.1, -0.05) is 37.3 Å². The molecular weight excluding hydrogens is 282 g/mol. The number of amides is 1. The Balaban J connectivity index is 2.12. The Labute approximate surface area is 128 Å². The van der Waals surface area contributed by atoms with E-state index in [0.717, 1.165) is 12.1 Å². The molecule has 0 aliphatic carbocycles. The first kappa shape index (κ1) is 15.8. The zero-order valence-electron chi connectivity index (χ0n) is 12.6. The van der Waals surface area contributed by atoms with Crippen LogP contribution in [0.1, 0.15) is 35.6 Å². The van der Waals surface area contributed by atoms with Crippen LogP contribution in [0.4, 0.5) is 0 Å². The summed E-state index contributed by atoms with van der Waals surface area (Å²) in [7, 11) is 0. The van der Waals surface area contributed by atoms with Crippen molar-refractivity contribution >= 4 is 11.9 Å². The highest BCUT2D eigenvalue weighted by molar-refractivity contribution is 5.93. The number of nitrogens with zero attached hydrogens (tertiary/aromatic N) is 1. The Morgan fingerprint density at radius 2 is 2.00 bits per heavy atom. The fraction of sp³-hybridized carbons (Fsp3) is 0.312. The van der Waals surface area contributed by atoms with Gasteiger partial charge in [-0.05, 0) is 25.0 Å². The molecule has 116 valence electrons. The number of aryl methyl sites for hydroxylation is 1. The predicted molar refractivity (Wildman–Crippen MR) is 81.7 cm³/mol. The van der Waals surface area contributed by atoms with E-state index in [1.54, 1.807) is 37.3 Å². The average Bonchev–Trinajstić information content (AvgIpc) is 3.02. The number of nitrogens with one attached hydrogen (secondary N) is 2. The maximum atomic E-state index is 12.1. The van der Waals surface area contributed by atoms with Gasteiger partial charge in [0.2, 0.25) is 0 Å². The van der Waals surface area contributed by atoms with Gasteiger partial charge in [0.05, 0.1) is 0 Å². The predicted octanol–water partition coefficient (Wildman–Crippen LogP) is 1.74. The standard InChI is InChI=1S/C16H19N3O3/c1-3-12-9-13(19-18-12)14(20)17-10-16(2,15(21)22)11-7-5-4-6-8-11/h4-9H,3,10H2,1-2H3,(H,17,20)(H,18,19)(H,21,22). The number of benzene rings is 1. The van der Waals surface area contributed by atoms with Crippen LogP contribution in [-0.4, -0.2) is 33.7 Å². The van der Waals surface area contributed by atoms with Crippen molar-refractivity contribution in [2.24, 2.45) is 0 Å². The van der Waals surface area contributed by atoms with E-state index in [2.05, 4.69) is 15.5 Å². The van der Waals surface area contributed by atoms with Gasteiger partial charge >= 0.3 is 5.97 Å². The second kappa shape index (κ2) is 6.43. The molecule has 6 nitrogen and oxygen atoms in total. The monoisotopic (exact) mass is 301 g/mol. The van der Waals surface area contributed by atoms with Gasteiger partial charge in [0.25, 0.3) is 5.91 Å². The molecule has 0 aliphatic heterocycles. The fourth-order valence-corrected chi connectivity index (χ4v) is 2.11.